The number of nitrogens with one attached hydrogen (secondary N) is 1. The Hall–Kier alpha value is -1.91. The fourth-order valence-corrected chi connectivity index (χ4v) is 6.93. The summed E-state index contributed by atoms with van der Waals surface area (Å²) < 4.78 is 5.31. The highest BCUT2D eigenvalue weighted by molar-refractivity contribution is 6.06. The molecule has 1 amide bonds. The second-order valence-electron chi connectivity index (χ2n) is 9.47. The summed E-state index contributed by atoms with van der Waals surface area (Å²) >= 11 is 0. The fourth-order valence-electron chi connectivity index (χ4n) is 6.93. The first kappa shape index (κ1) is 17.2. The summed E-state index contributed by atoms with van der Waals surface area (Å²) in [6.45, 7) is 5.99. The number of hydrogen-bond donors (Lipinski definition) is 1. The number of hydrogen-bond acceptors (Lipinski definition) is 4. The molecule has 1 unspecified atom stereocenters. The Morgan fingerprint density at radius 2 is 1.85 bits per heavy atom. The summed E-state index contributed by atoms with van der Waals surface area (Å²) in [7, 11) is 0. The highest BCUT2D eigenvalue weighted by atomic mass is 16.5. The van der Waals surface area contributed by atoms with Crippen LogP contribution in [-0.4, -0.2) is 22.1 Å². The molecule has 144 valence electrons. The van der Waals surface area contributed by atoms with Crippen molar-refractivity contribution in [2.75, 3.05) is 0 Å². The van der Waals surface area contributed by atoms with Gasteiger partial charge in [-0.25, -0.2) is 4.98 Å². The van der Waals surface area contributed by atoms with Crippen LogP contribution in [0.1, 0.15) is 73.6 Å². The predicted octanol–water partition coefficient (Wildman–Crippen LogP) is 4.56. The van der Waals surface area contributed by atoms with Crippen LogP contribution in [0, 0.1) is 37.0 Å². The van der Waals surface area contributed by atoms with Crippen molar-refractivity contribution in [3.63, 3.8) is 0 Å². The summed E-state index contributed by atoms with van der Waals surface area (Å²) in [6, 6.07) is 2.12. The molecule has 0 spiro atoms. The molecule has 6 rings (SSSR count). The van der Waals surface area contributed by atoms with Crippen LogP contribution < -0.4 is 5.32 Å². The molecule has 5 nitrogen and oxygen atoms in total. The number of nitrogens with zero attached hydrogens (tertiary/aromatic N) is 2. The molecule has 0 aromatic carbocycles. The van der Waals surface area contributed by atoms with E-state index in [9.17, 15) is 4.79 Å². The maximum Gasteiger partial charge on any atom is 0.258 e. The van der Waals surface area contributed by atoms with E-state index in [0.717, 1.165) is 40.9 Å². The zero-order valence-corrected chi connectivity index (χ0v) is 16.5. The molecule has 4 saturated carbocycles. The standard InChI is InChI=1S/C22H29N3O2/c1-4-18(22-9-14-6-15(10-22)8-16(7-14)11-22)24-20(26)17-5-12(2)23-21-19(17)13(3)25-27-21/h5,14-16,18H,4,6-11H2,1-3H3,(H,24,26). The zero-order chi connectivity index (χ0) is 18.8. The van der Waals surface area contributed by atoms with E-state index in [4.69, 9.17) is 4.52 Å². The average molecular weight is 367 g/mol. The van der Waals surface area contributed by atoms with Crippen LogP contribution in [0.5, 0.6) is 0 Å². The number of aryl methyl sites for hydroxylation is 2. The minimum absolute atomic E-state index is 0.000560. The molecule has 4 fully saturated rings. The number of carbonyl (C=O) groups excluding carboxylic acids is 1. The van der Waals surface area contributed by atoms with Crippen LogP contribution in [-0.2, 0) is 0 Å². The van der Waals surface area contributed by atoms with Gasteiger partial charge in [-0.1, -0.05) is 12.1 Å². The third-order valence-corrected chi connectivity index (χ3v) is 7.53. The van der Waals surface area contributed by atoms with Gasteiger partial charge in [0, 0.05) is 11.7 Å². The highest BCUT2D eigenvalue weighted by Gasteiger charge is 2.54. The van der Waals surface area contributed by atoms with Crippen molar-refractivity contribution >= 4 is 17.0 Å². The van der Waals surface area contributed by atoms with E-state index in [2.05, 4.69) is 22.4 Å². The number of aromatic nitrogens is 2. The van der Waals surface area contributed by atoms with Gasteiger partial charge < -0.3 is 9.84 Å². The number of pyridine rings is 1. The number of carbonyl (C=O) groups is 1. The van der Waals surface area contributed by atoms with E-state index in [1.165, 1.54) is 38.5 Å². The van der Waals surface area contributed by atoms with Crippen LogP contribution in [0.15, 0.2) is 10.6 Å². The van der Waals surface area contributed by atoms with E-state index in [0.29, 0.717) is 16.7 Å². The lowest BCUT2D eigenvalue weighted by Gasteiger charge is -2.59. The maximum atomic E-state index is 13.3. The van der Waals surface area contributed by atoms with E-state index in [1.54, 1.807) is 0 Å². The Morgan fingerprint density at radius 3 is 2.44 bits per heavy atom. The molecule has 1 atom stereocenters. The van der Waals surface area contributed by atoms with Crippen molar-refractivity contribution in [1.82, 2.24) is 15.5 Å². The van der Waals surface area contributed by atoms with Gasteiger partial charge in [0.25, 0.3) is 11.6 Å². The third kappa shape index (κ3) is 2.69. The summed E-state index contributed by atoms with van der Waals surface area (Å²) in [5, 5.41) is 8.20. The molecule has 0 radical (unpaired) electrons. The lowest BCUT2D eigenvalue weighted by atomic mass is 9.47. The molecule has 0 saturated heterocycles. The number of rotatable bonds is 4. The van der Waals surface area contributed by atoms with Gasteiger partial charge >= 0.3 is 0 Å². The minimum atomic E-state index is -0.000560. The Morgan fingerprint density at radius 1 is 1.22 bits per heavy atom. The van der Waals surface area contributed by atoms with Crippen molar-refractivity contribution in [3.8, 4) is 0 Å². The summed E-state index contributed by atoms with van der Waals surface area (Å²) in [5.74, 6) is 2.66. The first-order valence-electron chi connectivity index (χ1n) is 10.5. The van der Waals surface area contributed by atoms with Crippen LogP contribution in [0.25, 0.3) is 11.1 Å². The van der Waals surface area contributed by atoms with Gasteiger partial charge in [-0.3, -0.25) is 4.79 Å². The topological polar surface area (TPSA) is 68.0 Å². The van der Waals surface area contributed by atoms with Gasteiger partial charge in [-0.2, -0.15) is 0 Å². The molecule has 4 aliphatic carbocycles. The average Bonchev–Trinajstić information content (AvgIpc) is 2.98. The van der Waals surface area contributed by atoms with Gasteiger partial charge in [-0.05, 0) is 88.0 Å². The highest BCUT2D eigenvalue weighted by Crippen LogP contribution is 2.61. The number of amides is 1. The first-order valence-corrected chi connectivity index (χ1v) is 10.5. The predicted molar refractivity (Wildman–Crippen MR) is 103 cm³/mol. The zero-order valence-electron chi connectivity index (χ0n) is 16.5. The Labute approximate surface area is 160 Å². The van der Waals surface area contributed by atoms with E-state index >= 15 is 0 Å². The molecule has 2 heterocycles. The summed E-state index contributed by atoms with van der Waals surface area (Å²) in [4.78, 5) is 17.7. The normalized spacial score (nSPS) is 32.8. The van der Waals surface area contributed by atoms with Crippen LogP contribution >= 0.6 is 0 Å². The molecule has 4 bridgehead atoms. The van der Waals surface area contributed by atoms with Crippen molar-refractivity contribution in [1.29, 1.82) is 0 Å². The first-order chi connectivity index (χ1) is 13.0. The van der Waals surface area contributed by atoms with Gasteiger partial charge in [0.1, 0.15) is 0 Å². The molecule has 1 N–H and O–H groups in total. The molecule has 27 heavy (non-hydrogen) atoms. The fraction of sp³-hybridized carbons (Fsp3) is 0.682. The summed E-state index contributed by atoms with van der Waals surface area (Å²) in [6.07, 6.45) is 9.17. The molecular weight excluding hydrogens is 338 g/mol. The minimum Gasteiger partial charge on any atom is -0.349 e. The second kappa shape index (κ2) is 6.05. The van der Waals surface area contributed by atoms with Crippen molar-refractivity contribution in [3.05, 3.63) is 23.0 Å². The van der Waals surface area contributed by atoms with Gasteiger partial charge in [-0.15, -0.1) is 0 Å². The smallest absolute Gasteiger partial charge is 0.258 e. The van der Waals surface area contributed by atoms with E-state index in [-0.39, 0.29) is 11.9 Å². The lowest BCUT2D eigenvalue weighted by Crippen LogP contribution is -2.56. The summed E-state index contributed by atoms with van der Waals surface area (Å²) in [5.41, 5.74) is 2.93. The van der Waals surface area contributed by atoms with Crippen LogP contribution in [0.4, 0.5) is 0 Å². The van der Waals surface area contributed by atoms with Gasteiger partial charge in [0.05, 0.1) is 16.6 Å². The maximum absolute atomic E-state index is 13.3. The molecular formula is C22H29N3O2. The molecule has 2 aromatic heterocycles. The van der Waals surface area contributed by atoms with Gasteiger partial charge in [0.2, 0.25) is 0 Å². The SMILES string of the molecule is CCC(NC(=O)c1cc(C)nc2onc(C)c12)C12CC3CC(CC(C3)C1)C2. The second-order valence-corrected chi connectivity index (χ2v) is 9.47. The lowest BCUT2D eigenvalue weighted by molar-refractivity contribution is -0.0727. The largest absolute Gasteiger partial charge is 0.349 e. The van der Waals surface area contributed by atoms with E-state index in [1.807, 2.05) is 19.9 Å². The van der Waals surface area contributed by atoms with E-state index < -0.39 is 0 Å². The molecule has 4 aliphatic rings. The Kier molecular flexibility index (Phi) is 3.85. The monoisotopic (exact) mass is 367 g/mol. The van der Waals surface area contributed by atoms with Crippen molar-refractivity contribution in [2.24, 2.45) is 23.2 Å². The molecule has 2 aromatic rings. The Bertz CT molecular complexity index is 865. The third-order valence-electron chi connectivity index (χ3n) is 7.53. The van der Waals surface area contributed by atoms with Gasteiger partial charge in [0.15, 0.2) is 0 Å². The quantitative estimate of drug-likeness (QED) is 0.860. The molecule has 0 aliphatic heterocycles. The van der Waals surface area contributed by atoms with Crippen LogP contribution in [0.3, 0.4) is 0 Å². The molecule has 5 heteroatoms. The van der Waals surface area contributed by atoms with Crippen molar-refractivity contribution < 1.29 is 9.32 Å². The number of fused-ring (bicyclic) bond motifs is 1. The van der Waals surface area contributed by atoms with Crippen molar-refractivity contribution in [2.45, 2.75) is 71.8 Å². The Balaban J connectivity index is 1.46. The van der Waals surface area contributed by atoms with Crippen LogP contribution in [0.2, 0.25) is 0 Å².